The van der Waals surface area contributed by atoms with E-state index in [2.05, 4.69) is 40.3 Å². The van der Waals surface area contributed by atoms with Gasteiger partial charge in [-0.15, -0.1) is 0 Å². The minimum atomic E-state index is 0.505. The lowest BCUT2D eigenvalue weighted by atomic mass is 9.90. The van der Waals surface area contributed by atoms with Gasteiger partial charge in [-0.05, 0) is 94.5 Å². The molecule has 2 aliphatic carbocycles. The summed E-state index contributed by atoms with van der Waals surface area (Å²) in [5.74, 6) is 0.655. The fourth-order valence-corrected chi connectivity index (χ4v) is 5.64. The fourth-order valence-electron chi connectivity index (χ4n) is 5.64. The number of aliphatic imine (C=N–C) groups is 2. The van der Waals surface area contributed by atoms with Crippen LogP contribution in [0.25, 0.3) is 0 Å². The Morgan fingerprint density at radius 3 is 2.90 bits per heavy atom. The first-order valence-electron chi connectivity index (χ1n) is 12.5. The average molecular weight is 409 g/mol. The van der Waals surface area contributed by atoms with E-state index in [0.29, 0.717) is 12.0 Å². The Kier molecular flexibility index (Phi) is 7.96. The molecule has 3 aliphatic rings. The maximum atomic E-state index is 4.71. The third-order valence-electron chi connectivity index (χ3n) is 7.23. The molecule has 1 fully saturated rings. The molecule has 4 rings (SSSR count). The predicted molar refractivity (Wildman–Crippen MR) is 129 cm³/mol. The van der Waals surface area contributed by atoms with Gasteiger partial charge in [0.1, 0.15) is 6.34 Å². The molecule has 1 N–H and O–H groups in total. The summed E-state index contributed by atoms with van der Waals surface area (Å²) < 4.78 is 0. The van der Waals surface area contributed by atoms with Crippen molar-refractivity contribution >= 4 is 17.7 Å². The van der Waals surface area contributed by atoms with E-state index in [0.717, 1.165) is 13.1 Å². The van der Waals surface area contributed by atoms with E-state index in [1.54, 1.807) is 11.1 Å². The van der Waals surface area contributed by atoms with Crippen LogP contribution in [-0.4, -0.2) is 49.2 Å². The van der Waals surface area contributed by atoms with E-state index in [-0.39, 0.29) is 0 Å². The highest BCUT2D eigenvalue weighted by Gasteiger charge is 2.31. The zero-order valence-electron chi connectivity index (χ0n) is 18.9. The molecule has 4 heteroatoms. The van der Waals surface area contributed by atoms with Crippen LogP contribution in [0.1, 0.15) is 75.8 Å². The molecule has 4 nitrogen and oxygen atoms in total. The zero-order chi connectivity index (χ0) is 20.6. The highest BCUT2D eigenvalue weighted by molar-refractivity contribution is 5.95. The highest BCUT2D eigenvalue weighted by Crippen LogP contribution is 2.31. The third kappa shape index (κ3) is 5.51. The molecule has 1 aromatic carbocycles. The van der Waals surface area contributed by atoms with Gasteiger partial charge in [0, 0.05) is 30.4 Å². The van der Waals surface area contributed by atoms with E-state index in [1.807, 2.05) is 6.34 Å². The van der Waals surface area contributed by atoms with Crippen LogP contribution in [0.5, 0.6) is 0 Å². The summed E-state index contributed by atoms with van der Waals surface area (Å²) in [5, 5.41) is 3.76. The molecular weight excluding hydrogens is 368 g/mol. The Hall–Kier alpha value is -1.68. The molecule has 0 saturated heterocycles. The van der Waals surface area contributed by atoms with Crippen LogP contribution in [0.3, 0.4) is 0 Å². The first-order chi connectivity index (χ1) is 14.8. The number of unbranched alkanes of at least 4 members (excludes halogenated alkanes) is 1. The molecule has 30 heavy (non-hydrogen) atoms. The first-order valence-corrected chi connectivity index (χ1v) is 12.5. The Labute approximate surface area is 183 Å². The van der Waals surface area contributed by atoms with E-state index in [9.17, 15) is 0 Å². The number of aryl methyl sites for hydroxylation is 1. The summed E-state index contributed by atoms with van der Waals surface area (Å²) in [6.07, 6.45) is 15.9. The van der Waals surface area contributed by atoms with Gasteiger partial charge in [0.15, 0.2) is 0 Å². The molecule has 1 saturated carbocycles. The maximum Gasteiger partial charge on any atom is 0.110 e. The van der Waals surface area contributed by atoms with Gasteiger partial charge in [-0.2, -0.15) is 0 Å². The van der Waals surface area contributed by atoms with Crippen LogP contribution in [0, 0.1) is 5.92 Å². The highest BCUT2D eigenvalue weighted by atomic mass is 15.1. The topological polar surface area (TPSA) is 40.0 Å². The van der Waals surface area contributed by atoms with Gasteiger partial charge in [0.25, 0.3) is 0 Å². The maximum absolute atomic E-state index is 4.71. The molecule has 0 aromatic heterocycles. The number of nitrogens with one attached hydrogen (secondary N) is 1. The molecule has 0 radical (unpaired) electrons. The van der Waals surface area contributed by atoms with Crippen LogP contribution < -0.4 is 5.32 Å². The smallest absolute Gasteiger partial charge is 0.110 e. The van der Waals surface area contributed by atoms with Crippen molar-refractivity contribution in [3.63, 3.8) is 0 Å². The van der Waals surface area contributed by atoms with Gasteiger partial charge in [-0.25, -0.2) is 4.99 Å². The lowest BCUT2D eigenvalue weighted by Crippen LogP contribution is -2.31. The molecule has 1 aliphatic heterocycles. The number of fused-ring (bicyclic) bond motifs is 2. The van der Waals surface area contributed by atoms with Crippen molar-refractivity contribution in [2.75, 3.05) is 31.5 Å². The molecule has 1 aromatic rings. The number of rotatable bonds is 11. The number of hydrogen-bond acceptors (Lipinski definition) is 4. The molecular formula is C26H40N4. The molecule has 1 heterocycles. The minimum absolute atomic E-state index is 0.505. The van der Waals surface area contributed by atoms with Gasteiger partial charge < -0.3 is 10.2 Å². The van der Waals surface area contributed by atoms with Crippen molar-refractivity contribution in [1.82, 2.24) is 4.90 Å². The Balaban J connectivity index is 1.18. The van der Waals surface area contributed by atoms with E-state index in [4.69, 9.17) is 4.99 Å². The Morgan fingerprint density at radius 2 is 1.97 bits per heavy atom. The first kappa shape index (κ1) is 21.5. The molecule has 2 atom stereocenters. The summed E-state index contributed by atoms with van der Waals surface area (Å²) in [7, 11) is 0. The second-order valence-electron chi connectivity index (χ2n) is 9.37. The number of hydrogen-bond donors (Lipinski definition) is 1. The van der Waals surface area contributed by atoms with Crippen molar-refractivity contribution in [2.24, 2.45) is 15.9 Å². The zero-order valence-corrected chi connectivity index (χ0v) is 18.9. The lowest BCUT2D eigenvalue weighted by molar-refractivity contribution is 0.275. The van der Waals surface area contributed by atoms with Crippen LogP contribution in [0.15, 0.2) is 28.2 Å². The van der Waals surface area contributed by atoms with Crippen molar-refractivity contribution in [3.8, 4) is 0 Å². The Bertz CT molecular complexity index is 739. The van der Waals surface area contributed by atoms with Crippen LogP contribution in [-0.2, 0) is 12.8 Å². The second kappa shape index (κ2) is 11.1. The normalized spacial score (nSPS) is 22.7. The van der Waals surface area contributed by atoms with Crippen molar-refractivity contribution in [1.29, 1.82) is 0 Å². The van der Waals surface area contributed by atoms with Crippen molar-refractivity contribution in [3.05, 3.63) is 29.3 Å². The molecule has 0 spiro atoms. The summed E-state index contributed by atoms with van der Waals surface area (Å²) in [6.45, 7) is 6.90. The van der Waals surface area contributed by atoms with Crippen LogP contribution >= 0.6 is 0 Å². The molecule has 0 bridgehead atoms. The lowest BCUT2D eigenvalue weighted by Gasteiger charge is -2.25. The van der Waals surface area contributed by atoms with Gasteiger partial charge in [-0.3, -0.25) is 4.99 Å². The van der Waals surface area contributed by atoms with Crippen molar-refractivity contribution < 1.29 is 0 Å². The monoisotopic (exact) mass is 408 g/mol. The van der Waals surface area contributed by atoms with E-state index >= 15 is 0 Å². The van der Waals surface area contributed by atoms with Gasteiger partial charge in [-0.1, -0.05) is 25.5 Å². The van der Waals surface area contributed by atoms with Crippen LogP contribution in [0.2, 0.25) is 0 Å². The summed E-state index contributed by atoms with van der Waals surface area (Å²) in [6, 6.07) is 7.33. The minimum Gasteiger partial charge on any atom is -0.384 e. The van der Waals surface area contributed by atoms with Gasteiger partial charge in [0.2, 0.25) is 0 Å². The van der Waals surface area contributed by atoms with Gasteiger partial charge in [0.05, 0.1) is 6.04 Å². The van der Waals surface area contributed by atoms with Gasteiger partial charge >= 0.3 is 0 Å². The van der Waals surface area contributed by atoms with Crippen molar-refractivity contribution in [2.45, 2.75) is 83.6 Å². The summed E-state index contributed by atoms with van der Waals surface area (Å²) in [4.78, 5) is 11.9. The fraction of sp³-hybridized carbons (Fsp3) is 0.692. The standard InChI is InChI=1S/C26H40N4/c1-2-17-30(18-6-5-13-25-23-12-8-15-26(23)29-20-28-25)19-16-27-24-14-7-10-21-9-3-4-11-22(21)24/h7,10,14,20,23,25,27H,2-6,8-9,11-13,15-19H2,1H3. The molecule has 2 unspecified atom stereocenters. The number of nitrogens with zero attached hydrogens (tertiary/aromatic N) is 3. The molecule has 0 amide bonds. The predicted octanol–water partition coefficient (Wildman–Crippen LogP) is 5.51. The summed E-state index contributed by atoms with van der Waals surface area (Å²) in [5.41, 5.74) is 5.95. The largest absolute Gasteiger partial charge is 0.384 e. The quantitative estimate of drug-likeness (QED) is 0.490. The summed E-state index contributed by atoms with van der Waals surface area (Å²) >= 11 is 0. The Morgan fingerprint density at radius 1 is 1.03 bits per heavy atom. The third-order valence-corrected chi connectivity index (χ3v) is 7.23. The molecule has 164 valence electrons. The SMILES string of the molecule is CCCN(CCCCC1N=CN=C2CCCC21)CCNc1cccc2c1CCCC2. The number of anilines is 1. The number of benzene rings is 1. The second-order valence-corrected chi connectivity index (χ2v) is 9.37. The van der Waals surface area contributed by atoms with E-state index < -0.39 is 0 Å². The van der Waals surface area contributed by atoms with E-state index in [1.165, 1.54) is 95.1 Å². The van der Waals surface area contributed by atoms with Crippen LogP contribution in [0.4, 0.5) is 5.69 Å². The average Bonchev–Trinajstić information content (AvgIpc) is 3.26.